The van der Waals surface area contributed by atoms with Gasteiger partial charge in [-0.3, -0.25) is 4.79 Å². The van der Waals surface area contributed by atoms with Gasteiger partial charge in [-0.2, -0.15) is 0 Å². The summed E-state index contributed by atoms with van der Waals surface area (Å²) in [6, 6.07) is 0. The van der Waals surface area contributed by atoms with E-state index in [1.807, 2.05) is 0 Å². The average molecular weight is 167 g/mol. The lowest BCUT2D eigenvalue weighted by atomic mass is 10.2. The molecule has 1 aliphatic carbocycles. The van der Waals surface area contributed by atoms with Crippen molar-refractivity contribution in [2.45, 2.75) is 32.1 Å². The quantitative estimate of drug-likeness (QED) is 0.620. The second-order valence-corrected chi connectivity index (χ2v) is 4.14. The van der Waals surface area contributed by atoms with Crippen LogP contribution in [0.2, 0.25) is 0 Å². The summed E-state index contributed by atoms with van der Waals surface area (Å²) in [5.74, 6) is 1.44. The van der Waals surface area contributed by atoms with Gasteiger partial charge in [0.2, 0.25) is 0 Å². The number of carbonyl (C=O) groups is 1. The van der Waals surface area contributed by atoms with Crippen molar-refractivity contribution in [2.75, 3.05) is 19.6 Å². The lowest BCUT2D eigenvalue weighted by Gasteiger charge is -2.18. The first kappa shape index (κ1) is 8.24. The van der Waals surface area contributed by atoms with Gasteiger partial charge in [0.15, 0.2) is 0 Å². The lowest BCUT2D eigenvalue weighted by Crippen LogP contribution is -2.27. The van der Waals surface area contributed by atoms with Crippen molar-refractivity contribution >= 4 is 5.78 Å². The molecule has 0 aromatic rings. The van der Waals surface area contributed by atoms with E-state index in [4.69, 9.17) is 0 Å². The summed E-state index contributed by atoms with van der Waals surface area (Å²) < 4.78 is 0. The number of rotatable bonds is 2. The average Bonchev–Trinajstić information content (AvgIpc) is 2.83. The molecular formula is C10H17NO. The van der Waals surface area contributed by atoms with E-state index in [0.717, 1.165) is 38.3 Å². The fourth-order valence-corrected chi connectivity index (χ4v) is 1.87. The first-order valence-electron chi connectivity index (χ1n) is 5.08. The standard InChI is InChI=1S/C10H17NO/c12-10-2-1-6-11(7-5-10)8-9-3-4-9/h9H,1-8H2. The van der Waals surface area contributed by atoms with Gasteiger partial charge in [-0.1, -0.05) is 0 Å². The number of ketones is 1. The largest absolute Gasteiger partial charge is 0.303 e. The molecule has 1 heterocycles. The molecule has 0 amide bonds. The second-order valence-electron chi connectivity index (χ2n) is 4.14. The maximum atomic E-state index is 11.1. The Bertz CT molecular complexity index is 175. The van der Waals surface area contributed by atoms with E-state index in [-0.39, 0.29) is 0 Å². The van der Waals surface area contributed by atoms with Crippen molar-refractivity contribution < 1.29 is 4.79 Å². The molecule has 0 spiro atoms. The normalized spacial score (nSPS) is 27.2. The summed E-state index contributed by atoms with van der Waals surface area (Å²) in [6.07, 6.45) is 5.55. The zero-order valence-electron chi connectivity index (χ0n) is 7.59. The topological polar surface area (TPSA) is 20.3 Å². The van der Waals surface area contributed by atoms with Gasteiger partial charge in [0.1, 0.15) is 5.78 Å². The summed E-state index contributed by atoms with van der Waals surface area (Å²) in [5, 5.41) is 0. The molecule has 1 aliphatic heterocycles. The molecule has 0 N–H and O–H groups in total. The van der Waals surface area contributed by atoms with Gasteiger partial charge in [0.25, 0.3) is 0 Å². The van der Waals surface area contributed by atoms with E-state index in [0.29, 0.717) is 5.78 Å². The van der Waals surface area contributed by atoms with Crippen LogP contribution in [0.25, 0.3) is 0 Å². The summed E-state index contributed by atoms with van der Waals surface area (Å²) in [5.41, 5.74) is 0. The number of hydrogen-bond donors (Lipinski definition) is 0. The van der Waals surface area contributed by atoms with E-state index >= 15 is 0 Å². The molecule has 0 atom stereocenters. The summed E-state index contributed by atoms with van der Waals surface area (Å²) in [4.78, 5) is 13.6. The molecule has 12 heavy (non-hydrogen) atoms. The molecule has 0 aromatic heterocycles. The highest BCUT2D eigenvalue weighted by Gasteiger charge is 2.25. The van der Waals surface area contributed by atoms with E-state index in [1.165, 1.54) is 19.4 Å². The molecule has 0 radical (unpaired) electrons. The molecule has 2 heteroatoms. The van der Waals surface area contributed by atoms with Crippen LogP contribution in [0.5, 0.6) is 0 Å². The molecule has 2 aliphatic rings. The molecule has 2 rings (SSSR count). The van der Waals surface area contributed by atoms with Crippen LogP contribution in [0, 0.1) is 5.92 Å². The van der Waals surface area contributed by atoms with E-state index < -0.39 is 0 Å². The van der Waals surface area contributed by atoms with Gasteiger partial charge in [-0.25, -0.2) is 0 Å². The van der Waals surface area contributed by atoms with Crippen molar-refractivity contribution in [1.82, 2.24) is 4.90 Å². The third-order valence-electron chi connectivity index (χ3n) is 2.85. The Hall–Kier alpha value is -0.370. The van der Waals surface area contributed by atoms with Crippen molar-refractivity contribution in [2.24, 2.45) is 5.92 Å². The maximum Gasteiger partial charge on any atom is 0.134 e. The van der Waals surface area contributed by atoms with Crippen LogP contribution in [0.4, 0.5) is 0 Å². The van der Waals surface area contributed by atoms with Crippen molar-refractivity contribution in [3.63, 3.8) is 0 Å². The van der Waals surface area contributed by atoms with Crippen LogP contribution in [-0.2, 0) is 4.79 Å². The predicted molar refractivity (Wildman–Crippen MR) is 48.0 cm³/mol. The Balaban J connectivity index is 1.77. The van der Waals surface area contributed by atoms with Crippen LogP contribution in [0.3, 0.4) is 0 Å². The first-order valence-corrected chi connectivity index (χ1v) is 5.08. The molecule has 2 nitrogen and oxygen atoms in total. The monoisotopic (exact) mass is 167 g/mol. The summed E-state index contributed by atoms with van der Waals surface area (Å²) >= 11 is 0. The Morgan fingerprint density at radius 3 is 2.83 bits per heavy atom. The van der Waals surface area contributed by atoms with Crippen molar-refractivity contribution in [3.8, 4) is 0 Å². The minimum Gasteiger partial charge on any atom is -0.303 e. The summed E-state index contributed by atoms with van der Waals surface area (Å²) in [6.45, 7) is 3.44. The maximum absolute atomic E-state index is 11.1. The zero-order valence-corrected chi connectivity index (χ0v) is 7.59. The fourth-order valence-electron chi connectivity index (χ4n) is 1.87. The summed E-state index contributed by atoms with van der Waals surface area (Å²) in [7, 11) is 0. The van der Waals surface area contributed by atoms with E-state index in [9.17, 15) is 4.79 Å². The third kappa shape index (κ3) is 2.31. The van der Waals surface area contributed by atoms with Crippen LogP contribution in [0.15, 0.2) is 0 Å². The Kier molecular flexibility index (Phi) is 2.45. The lowest BCUT2D eigenvalue weighted by molar-refractivity contribution is -0.118. The Morgan fingerprint density at radius 2 is 2.08 bits per heavy atom. The molecule has 68 valence electrons. The van der Waals surface area contributed by atoms with Crippen LogP contribution in [-0.4, -0.2) is 30.3 Å². The molecule has 1 saturated carbocycles. The number of nitrogens with zero attached hydrogens (tertiary/aromatic N) is 1. The zero-order chi connectivity index (χ0) is 8.39. The number of Topliss-reactive ketones (excluding diaryl/α,β-unsaturated/α-hetero) is 1. The highest BCUT2D eigenvalue weighted by atomic mass is 16.1. The molecule has 0 aromatic carbocycles. The predicted octanol–water partition coefficient (Wildman–Crippen LogP) is 1.45. The van der Waals surface area contributed by atoms with Gasteiger partial charge in [0.05, 0.1) is 0 Å². The molecule has 0 unspecified atom stereocenters. The highest BCUT2D eigenvalue weighted by molar-refractivity contribution is 5.78. The van der Waals surface area contributed by atoms with Gasteiger partial charge < -0.3 is 4.90 Å². The number of hydrogen-bond acceptors (Lipinski definition) is 2. The van der Waals surface area contributed by atoms with Crippen molar-refractivity contribution in [3.05, 3.63) is 0 Å². The Labute approximate surface area is 73.9 Å². The van der Waals surface area contributed by atoms with Crippen LogP contribution >= 0.6 is 0 Å². The number of likely N-dealkylation sites (tertiary alicyclic amines) is 1. The first-order chi connectivity index (χ1) is 5.84. The molecular weight excluding hydrogens is 150 g/mol. The highest BCUT2D eigenvalue weighted by Crippen LogP contribution is 2.30. The fraction of sp³-hybridized carbons (Fsp3) is 0.900. The molecule has 2 fully saturated rings. The van der Waals surface area contributed by atoms with Crippen LogP contribution in [0.1, 0.15) is 32.1 Å². The number of carbonyl (C=O) groups excluding carboxylic acids is 1. The van der Waals surface area contributed by atoms with Gasteiger partial charge in [-0.15, -0.1) is 0 Å². The van der Waals surface area contributed by atoms with Crippen molar-refractivity contribution in [1.29, 1.82) is 0 Å². The minimum atomic E-state index is 0.466. The second kappa shape index (κ2) is 3.56. The smallest absolute Gasteiger partial charge is 0.134 e. The van der Waals surface area contributed by atoms with Gasteiger partial charge >= 0.3 is 0 Å². The van der Waals surface area contributed by atoms with Gasteiger partial charge in [-0.05, 0) is 31.7 Å². The van der Waals surface area contributed by atoms with Gasteiger partial charge in [0, 0.05) is 25.9 Å². The van der Waals surface area contributed by atoms with Crippen LogP contribution < -0.4 is 0 Å². The molecule has 0 bridgehead atoms. The molecule has 1 saturated heterocycles. The van der Waals surface area contributed by atoms with E-state index in [1.54, 1.807) is 0 Å². The minimum absolute atomic E-state index is 0.466. The third-order valence-corrected chi connectivity index (χ3v) is 2.85. The Morgan fingerprint density at radius 1 is 1.25 bits per heavy atom. The SMILES string of the molecule is O=C1CCCN(CC2CC2)CC1. The van der Waals surface area contributed by atoms with E-state index in [2.05, 4.69) is 4.90 Å².